The van der Waals surface area contributed by atoms with Crippen LogP contribution in [0.5, 0.6) is 0 Å². The highest BCUT2D eigenvalue weighted by atomic mass is 16.7. The van der Waals surface area contributed by atoms with Crippen molar-refractivity contribution in [2.75, 3.05) is 33.0 Å². The molecule has 0 saturated carbocycles. The van der Waals surface area contributed by atoms with Crippen molar-refractivity contribution in [3.05, 3.63) is 12.2 Å². The van der Waals surface area contributed by atoms with E-state index in [-0.39, 0.29) is 25.6 Å². The van der Waals surface area contributed by atoms with Crippen molar-refractivity contribution in [3.63, 3.8) is 0 Å². The Morgan fingerprint density at radius 2 is 1.05 bits per heavy atom. The molecule has 2 aliphatic heterocycles. The van der Waals surface area contributed by atoms with Crippen molar-refractivity contribution in [2.24, 2.45) is 0 Å². The van der Waals surface area contributed by atoms with Gasteiger partial charge in [-0.1, -0.05) is 116 Å². The molecule has 56 heavy (non-hydrogen) atoms. The Labute approximate surface area is 335 Å². The number of carbonyl (C=O) groups excluding carboxylic acids is 1. The third-order valence-corrected chi connectivity index (χ3v) is 10.5. The maximum atomic E-state index is 12.9. The molecular weight excluding hydrogens is 728 g/mol. The summed E-state index contributed by atoms with van der Waals surface area (Å²) in [7, 11) is 0. The molecule has 0 aromatic rings. The van der Waals surface area contributed by atoms with Crippen molar-refractivity contribution in [2.45, 2.75) is 216 Å². The van der Waals surface area contributed by atoms with Gasteiger partial charge < -0.3 is 64.2 Å². The first-order valence-corrected chi connectivity index (χ1v) is 21.8. The molecule has 0 aromatic heterocycles. The third kappa shape index (κ3) is 20.6. The summed E-state index contributed by atoms with van der Waals surface area (Å²) in [5, 5.41) is 71.7. The molecule has 2 heterocycles. The summed E-state index contributed by atoms with van der Waals surface area (Å²) in [5.74, 6) is -0.387. The lowest BCUT2D eigenvalue weighted by Crippen LogP contribution is -2.61. The summed E-state index contributed by atoms with van der Waals surface area (Å²) >= 11 is 0. The zero-order valence-electron chi connectivity index (χ0n) is 34.4. The van der Waals surface area contributed by atoms with Gasteiger partial charge in [0.1, 0.15) is 54.9 Å². The minimum absolute atomic E-state index is 0.0623. The Morgan fingerprint density at radius 3 is 1.66 bits per heavy atom. The minimum atomic E-state index is -1.70. The molecule has 0 aliphatic carbocycles. The average molecular weight is 807 g/mol. The van der Waals surface area contributed by atoms with Gasteiger partial charge in [0.05, 0.1) is 26.4 Å². The van der Waals surface area contributed by atoms with Gasteiger partial charge in [-0.3, -0.25) is 4.79 Å². The number of aliphatic hydroxyl groups excluding tert-OH is 7. The number of rotatable bonds is 33. The highest BCUT2D eigenvalue weighted by molar-refractivity contribution is 5.69. The SMILES string of the molecule is CCCCC/C=C\CCCCCCCC(=O)OC(COCCCCCCCCCCCC)COC1OC(COC2OC(CO)C(O)C(O)C2O)C(O)C(O)C1O. The van der Waals surface area contributed by atoms with Crippen molar-refractivity contribution in [1.29, 1.82) is 0 Å². The van der Waals surface area contributed by atoms with E-state index >= 15 is 0 Å². The Kier molecular flexibility index (Phi) is 28.7. The molecule has 0 aromatic carbocycles. The zero-order valence-corrected chi connectivity index (χ0v) is 34.4. The fourth-order valence-corrected chi connectivity index (χ4v) is 6.87. The van der Waals surface area contributed by atoms with Crippen LogP contribution in [0.2, 0.25) is 0 Å². The molecule has 0 bridgehead atoms. The predicted octanol–water partition coefficient (Wildman–Crippen LogP) is 4.34. The molecule has 2 rings (SSSR count). The molecule has 7 N–H and O–H groups in total. The number of aliphatic hydroxyl groups is 7. The second kappa shape index (κ2) is 31.6. The van der Waals surface area contributed by atoms with E-state index in [1.165, 1.54) is 64.2 Å². The quantitative estimate of drug-likeness (QED) is 0.0279. The van der Waals surface area contributed by atoms with Gasteiger partial charge in [0.25, 0.3) is 0 Å². The summed E-state index contributed by atoms with van der Waals surface area (Å²) in [6.45, 7) is 3.63. The van der Waals surface area contributed by atoms with E-state index in [4.69, 9.17) is 28.4 Å². The molecule has 14 nitrogen and oxygen atoms in total. The monoisotopic (exact) mass is 807 g/mol. The molecule has 0 spiro atoms. The van der Waals surface area contributed by atoms with Crippen LogP contribution in [0.3, 0.4) is 0 Å². The molecule has 11 atom stereocenters. The molecule has 0 amide bonds. The first kappa shape index (κ1) is 50.9. The van der Waals surface area contributed by atoms with Gasteiger partial charge in [-0.2, -0.15) is 0 Å². The van der Waals surface area contributed by atoms with Gasteiger partial charge in [0.15, 0.2) is 12.6 Å². The van der Waals surface area contributed by atoms with Gasteiger partial charge in [-0.15, -0.1) is 0 Å². The van der Waals surface area contributed by atoms with E-state index in [0.29, 0.717) is 13.0 Å². The van der Waals surface area contributed by atoms with E-state index in [1.54, 1.807) is 0 Å². The number of hydrogen-bond acceptors (Lipinski definition) is 14. The molecule has 11 unspecified atom stereocenters. The zero-order chi connectivity index (χ0) is 41.0. The maximum Gasteiger partial charge on any atom is 0.306 e. The topological polar surface area (TPSA) is 214 Å². The van der Waals surface area contributed by atoms with E-state index in [0.717, 1.165) is 57.8 Å². The number of ether oxygens (including phenoxy) is 6. The van der Waals surface area contributed by atoms with Gasteiger partial charge >= 0.3 is 5.97 Å². The van der Waals surface area contributed by atoms with Crippen LogP contribution in [-0.2, 0) is 33.2 Å². The van der Waals surface area contributed by atoms with Crippen LogP contribution in [0.15, 0.2) is 12.2 Å². The Morgan fingerprint density at radius 1 is 0.571 bits per heavy atom. The van der Waals surface area contributed by atoms with Gasteiger partial charge in [-0.05, 0) is 38.5 Å². The maximum absolute atomic E-state index is 12.9. The van der Waals surface area contributed by atoms with Gasteiger partial charge in [-0.25, -0.2) is 0 Å². The molecule has 2 aliphatic rings. The molecule has 14 heteroatoms. The average Bonchev–Trinajstić information content (AvgIpc) is 3.19. The summed E-state index contributed by atoms with van der Waals surface area (Å²) in [4.78, 5) is 12.9. The normalized spacial score (nSPS) is 28.9. The first-order chi connectivity index (χ1) is 27.1. The van der Waals surface area contributed by atoms with Crippen LogP contribution in [0, 0.1) is 0 Å². The Balaban J connectivity index is 1.84. The largest absolute Gasteiger partial charge is 0.457 e. The standard InChI is InChI=1S/C42H78O14/c1-3-5-7-9-11-13-15-16-17-19-21-23-25-34(44)54-31(28-51-26-24-22-20-18-14-12-10-8-6-4-2)29-52-41-40(50)38(48)36(46)33(56-41)30-53-42-39(49)37(47)35(45)32(27-43)55-42/h11,13,31-33,35-43,45-50H,3-10,12,14-30H2,1-2H3/b13-11-. The summed E-state index contributed by atoms with van der Waals surface area (Å²) in [6.07, 6.45) is 11.5. The smallest absolute Gasteiger partial charge is 0.306 e. The lowest BCUT2D eigenvalue weighted by Gasteiger charge is -2.42. The second-order valence-electron chi connectivity index (χ2n) is 15.5. The summed E-state index contributed by atoms with van der Waals surface area (Å²) in [6, 6.07) is 0. The fourth-order valence-electron chi connectivity index (χ4n) is 6.87. The molecule has 0 radical (unpaired) electrons. The third-order valence-electron chi connectivity index (χ3n) is 10.5. The molecular formula is C42H78O14. The first-order valence-electron chi connectivity index (χ1n) is 21.8. The molecule has 2 fully saturated rings. The van der Waals surface area contributed by atoms with Crippen LogP contribution in [0.1, 0.15) is 149 Å². The van der Waals surface area contributed by atoms with Crippen LogP contribution >= 0.6 is 0 Å². The van der Waals surface area contributed by atoms with E-state index in [9.17, 15) is 40.5 Å². The van der Waals surface area contributed by atoms with E-state index in [2.05, 4.69) is 26.0 Å². The van der Waals surface area contributed by atoms with Crippen molar-refractivity contribution in [1.82, 2.24) is 0 Å². The van der Waals surface area contributed by atoms with Crippen LogP contribution in [0.25, 0.3) is 0 Å². The van der Waals surface area contributed by atoms with Gasteiger partial charge in [0, 0.05) is 13.0 Å². The summed E-state index contributed by atoms with van der Waals surface area (Å²) < 4.78 is 34.0. The number of esters is 1. The van der Waals surface area contributed by atoms with Crippen LogP contribution in [-0.4, -0.2) is 142 Å². The number of carbonyl (C=O) groups is 1. The van der Waals surface area contributed by atoms with Crippen molar-refractivity contribution < 1.29 is 69.0 Å². The number of unbranched alkanes of at least 4 members (excludes halogenated alkanes) is 17. The van der Waals surface area contributed by atoms with Crippen LogP contribution < -0.4 is 0 Å². The van der Waals surface area contributed by atoms with Crippen LogP contribution in [0.4, 0.5) is 0 Å². The fraction of sp³-hybridized carbons (Fsp3) is 0.929. The number of hydrogen-bond donors (Lipinski definition) is 7. The van der Waals surface area contributed by atoms with Gasteiger partial charge in [0.2, 0.25) is 0 Å². The molecule has 330 valence electrons. The van der Waals surface area contributed by atoms with E-state index < -0.39 is 80.7 Å². The summed E-state index contributed by atoms with van der Waals surface area (Å²) in [5.41, 5.74) is 0. The lowest BCUT2D eigenvalue weighted by atomic mass is 9.98. The van der Waals surface area contributed by atoms with Crippen molar-refractivity contribution >= 4 is 5.97 Å². The Bertz CT molecular complexity index is 985. The minimum Gasteiger partial charge on any atom is -0.457 e. The number of allylic oxidation sites excluding steroid dienone is 2. The van der Waals surface area contributed by atoms with E-state index in [1.807, 2.05) is 0 Å². The second-order valence-corrected chi connectivity index (χ2v) is 15.5. The van der Waals surface area contributed by atoms with Crippen molar-refractivity contribution in [3.8, 4) is 0 Å². The lowest BCUT2D eigenvalue weighted by molar-refractivity contribution is -0.332. The highest BCUT2D eigenvalue weighted by Gasteiger charge is 2.47. The predicted molar refractivity (Wildman–Crippen MR) is 210 cm³/mol. The Hall–Kier alpha value is -1.27. The molecule has 2 saturated heterocycles. The highest BCUT2D eigenvalue weighted by Crippen LogP contribution is 2.26.